The molecular weight excluding hydrogens is 335 g/mol. The fraction of sp³-hybridized carbons (Fsp3) is 0.500. The molecule has 19 heavy (non-hydrogen) atoms. The molecule has 0 unspecified atom stereocenters. The summed E-state index contributed by atoms with van der Waals surface area (Å²) >= 11 is 17.3. The van der Waals surface area contributed by atoms with E-state index in [9.17, 15) is 8.42 Å². The monoisotopic (exact) mass is 344 g/mol. The zero-order valence-electron chi connectivity index (χ0n) is 9.70. The van der Waals surface area contributed by atoms with E-state index in [4.69, 9.17) is 39.5 Å². The van der Waals surface area contributed by atoms with E-state index in [0.717, 1.165) is 6.42 Å². The highest BCUT2D eigenvalue weighted by Crippen LogP contribution is 2.30. The summed E-state index contributed by atoms with van der Waals surface area (Å²) in [5.41, 5.74) is 0. The van der Waals surface area contributed by atoms with Gasteiger partial charge in [0.25, 0.3) is 0 Å². The molecule has 106 valence electrons. The number of pyridine rings is 1. The van der Waals surface area contributed by atoms with Crippen LogP contribution in [0.2, 0.25) is 15.3 Å². The van der Waals surface area contributed by atoms with Crippen molar-refractivity contribution in [3.05, 3.63) is 21.4 Å². The van der Waals surface area contributed by atoms with Gasteiger partial charge in [0, 0.05) is 12.6 Å². The van der Waals surface area contributed by atoms with E-state index in [1.54, 1.807) is 0 Å². The van der Waals surface area contributed by atoms with Crippen LogP contribution in [0.3, 0.4) is 0 Å². The van der Waals surface area contributed by atoms with Gasteiger partial charge in [-0.3, -0.25) is 0 Å². The van der Waals surface area contributed by atoms with Crippen LogP contribution in [0.25, 0.3) is 0 Å². The highest BCUT2D eigenvalue weighted by molar-refractivity contribution is 7.89. The Kier molecular flexibility index (Phi) is 4.92. The first-order chi connectivity index (χ1) is 8.90. The van der Waals surface area contributed by atoms with E-state index in [1.807, 2.05) is 0 Å². The molecule has 0 aromatic carbocycles. The van der Waals surface area contributed by atoms with Gasteiger partial charge in [0.15, 0.2) is 5.15 Å². The quantitative estimate of drug-likeness (QED) is 0.855. The number of nitrogens with zero attached hydrogens (tertiary/aromatic N) is 1. The van der Waals surface area contributed by atoms with Crippen LogP contribution in [0.4, 0.5) is 0 Å². The normalized spacial score (nSPS) is 20.5. The molecule has 1 aliphatic rings. The Morgan fingerprint density at radius 3 is 2.68 bits per heavy atom. The maximum Gasteiger partial charge on any atom is 0.245 e. The largest absolute Gasteiger partial charge is 0.380 e. The summed E-state index contributed by atoms with van der Waals surface area (Å²) in [6.45, 7) is 0.970. The maximum absolute atomic E-state index is 12.2. The summed E-state index contributed by atoms with van der Waals surface area (Å²) in [5.74, 6) is 0. The molecule has 1 saturated heterocycles. The van der Waals surface area contributed by atoms with E-state index in [0.29, 0.717) is 19.6 Å². The summed E-state index contributed by atoms with van der Waals surface area (Å²) in [6.07, 6.45) is 1.50. The number of rotatable bonds is 3. The Hall–Kier alpha value is -0.110. The Bertz CT molecular complexity index is 550. The van der Waals surface area contributed by atoms with Gasteiger partial charge in [-0.25, -0.2) is 18.1 Å². The summed E-state index contributed by atoms with van der Waals surface area (Å²) in [4.78, 5) is 3.43. The number of hydrogen-bond donors (Lipinski definition) is 1. The van der Waals surface area contributed by atoms with Crippen LogP contribution in [-0.4, -0.2) is 32.7 Å². The number of hydrogen-bond acceptors (Lipinski definition) is 4. The lowest BCUT2D eigenvalue weighted by atomic mass is 10.1. The highest BCUT2D eigenvalue weighted by atomic mass is 35.5. The lowest BCUT2D eigenvalue weighted by Gasteiger charge is -2.23. The molecule has 0 amide bonds. The molecule has 0 spiro atoms. The Morgan fingerprint density at radius 1 is 1.37 bits per heavy atom. The van der Waals surface area contributed by atoms with Crippen molar-refractivity contribution in [2.24, 2.45) is 0 Å². The average Bonchev–Trinajstić information content (AvgIpc) is 2.27. The van der Waals surface area contributed by atoms with Crippen molar-refractivity contribution in [2.45, 2.75) is 23.8 Å². The van der Waals surface area contributed by atoms with Crippen molar-refractivity contribution >= 4 is 44.8 Å². The van der Waals surface area contributed by atoms with Crippen molar-refractivity contribution in [1.29, 1.82) is 0 Å². The molecule has 1 aromatic heterocycles. The molecular formula is C10H11Cl3N2O3S. The molecule has 0 aliphatic carbocycles. The van der Waals surface area contributed by atoms with Crippen LogP contribution >= 0.6 is 34.8 Å². The SMILES string of the molecule is O=S(=O)(N[C@@H]1CCCOC1)c1c(Cl)cc(Cl)nc1Cl. The topological polar surface area (TPSA) is 68.3 Å². The minimum absolute atomic E-state index is 0.0370. The lowest BCUT2D eigenvalue weighted by Crippen LogP contribution is -2.40. The van der Waals surface area contributed by atoms with E-state index in [2.05, 4.69) is 9.71 Å². The third-order valence-corrected chi connectivity index (χ3v) is 5.19. The fourth-order valence-corrected chi connectivity index (χ4v) is 4.46. The molecule has 1 aromatic rings. The van der Waals surface area contributed by atoms with Crippen molar-refractivity contribution in [1.82, 2.24) is 9.71 Å². The Balaban J connectivity index is 2.29. The first-order valence-corrected chi connectivity index (χ1v) is 8.13. The molecule has 1 fully saturated rings. The van der Waals surface area contributed by atoms with Crippen molar-refractivity contribution < 1.29 is 13.2 Å². The van der Waals surface area contributed by atoms with Crippen LogP contribution in [0, 0.1) is 0 Å². The zero-order valence-corrected chi connectivity index (χ0v) is 12.8. The fourth-order valence-electron chi connectivity index (χ4n) is 1.80. The molecule has 0 bridgehead atoms. The molecule has 1 aliphatic heterocycles. The minimum Gasteiger partial charge on any atom is -0.380 e. The van der Waals surface area contributed by atoms with Gasteiger partial charge in [0.05, 0.1) is 11.6 Å². The second kappa shape index (κ2) is 6.11. The van der Waals surface area contributed by atoms with Gasteiger partial charge in [0.2, 0.25) is 10.0 Å². The Morgan fingerprint density at radius 2 is 2.11 bits per heavy atom. The summed E-state index contributed by atoms with van der Waals surface area (Å²) < 4.78 is 32.2. The van der Waals surface area contributed by atoms with Gasteiger partial charge in [0.1, 0.15) is 10.0 Å². The van der Waals surface area contributed by atoms with E-state index in [1.165, 1.54) is 6.07 Å². The van der Waals surface area contributed by atoms with Gasteiger partial charge in [-0.1, -0.05) is 34.8 Å². The van der Waals surface area contributed by atoms with E-state index >= 15 is 0 Å². The standard InChI is InChI=1S/C10H11Cl3N2O3S/c11-7-4-8(12)14-10(13)9(7)19(16,17)15-6-2-1-3-18-5-6/h4,6,15H,1-3,5H2/t6-/m1/s1. The predicted octanol–water partition coefficient (Wildman–Crippen LogP) is 2.50. The van der Waals surface area contributed by atoms with Gasteiger partial charge in [-0.05, 0) is 18.9 Å². The third-order valence-electron chi connectivity index (χ3n) is 2.61. The van der Waals surface area contributed by atoms with Crippen LogP contribution in [0.5, 0.6) is 0 Å². The van der Waals surface area contributed by atoms with Crippen LogP contribution in [0.15, 0.2) is 11.0 Å². The molecule has 5 nitrogen and oxygen atoms in total. The molecule has 1 N–H and O–H groups in total. The number of nitrogens with one attached hydrogen (secondary N) is 1. The smallest absolute Gasteiger partial charge is 0.245 e. The maximum atomic E-state index is 12.2. The van der Waals surface area contributed by atoms with Gasteiger partial charge in [-0.15, -0.1) is 0 Å². The average molecular weight is 346 g/mol. The van der Waals surface area contributed by atoms with Crippen LogP contribution in [0.1, 0.15) is 12.8 Å². The summed E-state index contributed by atoms with van der Waals surface area (Å²) in [5, 5.41) is -0.272. The van der Waals surface area contributed by atoms with Crippen molar-refractivity contribution in [2.75, 3.05) is 13.2 Å². The Labute approximate surface area is 126 Å². The number of aromatic nitrogens is 1. The second-order valence-corrected chi connectivity index (χ2v) is 6.89. The summed E-state index contributed by atoms with van der Waals surface area (Å²) in [6, 6.07) is 0.947. The minimum atomic E-state index is -3.85. The van der Waals surface area contributed by atoms with E-state index in [-0.39, 0.29) is 26.3 Å². The van der Waals surface area contributed by atoms with E-state index < -0.39 is 10.0 Å². The number of sulfonamides is 1. The summed E-state index contributed by atoms with van der Waals surface area (Å²) in [7, 11) is -3.85. The van der Waals surface area contributed by atoms with Crippen LogP contribution in [-0.2, 0) is 14.8 Å². The van der Waals surface area contributed by atoms with Crippen LogP contribution < -0.4 is 4.72 Å². The van der Waals surface area contributed by atoms with Gasteiger partial charge < -0.3 is 4.74 Å². The predicted molar refractivity (Wildman–Crippen MR) is 73.4 cm³/mol. The zero-order chi connectivity index (χ0) is 14.0. The highest BCUT2D eigenvalue weighted by Gasteiger charge is 2.27. The first kappa shape index (κ1) is 15.3. The van der Waals surface area contributed by atoms with Crippen molar-refractivity contribution in [3.8, 4) is 0 Å². The number of ether oxygens (including phenoxy) is 1. The first-order valence-electron chi connectivity index (χ1n) is 5.52. The molecule has 0 saturated carbocycles. The molecule has 0 radical (unpaired) electrons. The second-order valence-electron chi connectivity index (χ2n) is 4.08. The van der Waals surface area contributed by atoms with Gasteiger partial charge in [-0.2, -0.15) is 0 Å². The lowest BCUT2D eigenvalue weighted by molar-refractivity contribution is 0.0774. The van der Waals surface area contributed by atoms with Gasteiger partial charge >= 0.3 is 0 Å². The third kappa shape index (κ3) is 3.71. The molecule has 1 atom stereocenters. The molecule has 9 heteroatoms. The number of halogens is 3. The van der Waals surface area contributed by atoms with Crippen molar-refractivity contribution in [3.63, 3.8) is 0 Å². The molecule has 2 rings (SSSR count). The molecule has 2 heterocycles.